The van der Waals surface area contributed by atoms with Gasteiger partial charge in [-0.25, -0.2) is 0 Å². The van der Waals surface area contributed by atoms with E-state index in [2.05, 4.69) is 11.6 Å². The largest absolute Gasteiger partial charge is 0.507 e. The third-order valence-electron chi connectivity index (χ3n) is 2.82. The van der Waals surface area contributed by atoms with Crippen molar-refractivity contribution in [2.45, 2.75) is 6.92 Å². The van der Waals surface area contributed by atoms with Crippen LogP contribution in [0.25, 0.3) is 5.57 Å². The van der Waals surface area contributed by atoms with Gasteiger partial charge in [0.2, 0.25) is 0 Å². The molecular weight excluding hydrogens is 212 g/mol. The van der Waals surface area contributed by atoms with Gasteiger partial charge in [0.1, 0.15) is 5.75 Å². The highest BCUT2D eigenvalue weighted by molar-refractivity contribution is 6.17. The third kappa shape index (κ3) is 2.01. The standard InChI is InChI=1S/C14H16N2O/c1-9-3-5-11(16-8-7-15)14-12(17)6-4-10(2)13(9)14/h3-6,17H,1,7-8,15H2,2H3. The zero-order chi connectivity index (χ0) is 12.4. The van der Waals surface area contributed by atoms with Gasteiger partial charge >= 0.3 is 0 Å². The van der Waals surface area contributed by atoms with E-state index in [9.17, 15) is 5.11 Å². The average Bonchev–Trinajstić information content (AvgIpc) is 2.32. The van der Waals surface area contributed by atoms with Crippen molar-refractivity contribution in [3.05, 3.63) is 47.6 Å². The van der Waals surface area contributed by atoms with E-state index in [1.165, 1.54) is 0 Å². The van der Waals surface area contributed by atoms with Crippen LogP contribution < -0.4 is 5.73 Å². The monoisotopic (exact) mass is 228 g/mol. The van der Waals surface area contributed by atoms with Crippen molar-refractivity contribution in [2.24, 2.45) is 10.7 Å². The van der Waals surface area contributed by atoms with Crippen LogP contribution >= 0.6 is 0 Å². The van der Waals surface area contributed by atoms with Crippen LogP contribution in [0.2, 0.25) is 0 Å². The lowest BCUT2D eigenvalue weighted by Gasteiger charge is -2.18. The van der Waals surface area contributed by atoms with Crippen molar-refractivity contribution >= 4 is 11.3 Å². The first-order valence-electron chi connectivity index (χ1n) is 5.60. The van der Waals surface area contributed by atoms with Gasteiger partial charge in [-0.15, -0.1) is 0 Å². The molecule has 0 aliphatic heterocycles. The second kappa shape index (κ2) is 4.55. The summed E-state index contributed by atoms with van der Waals surface area (Å²) >= 11 is 0. The Kier molecular flexibility index (Phi) is 3.11. The molecule has 0 unspecified atom stereocenters. The summed E-state index contributed by atoms with van der Waals surface area (Å²) in [5, 5.41) is 9.98. The minimum absolute atomic E-state index is 0.242. The van der Waals surface area contributed by atoms with Crippen LogP contribution in [0, 0.1) is 6.92 Å². The van der Waals surface area contributed by atoms with Crippen molar-refractivity contribution < 1.29 is 5.11 Å². The number of hydrogen-bond donors (Lipinski definition) is 2. The lowest BCUT2D eigenvalue weighted by atomic mass is 9.88. The highest BCUT2D eigenvalue weighted by Gasteiger charge is 2.19. The molecule has 0 bridgehead atoms. The normalized spacial score (nSPS) is 16.4. The Morgan fingerprint density at radius 3 is 2.76 bits per heavy atom. The number of rotatable bonds is 2. The van der Waals surface area contributed by atoms with Crippen molar-refractivity contribution in [2.75, 3.05) is 13.1 Å². The number of aryl methyl sites for hydroxylation is 1. The van der Waals surface area contributed by atoms with E-state index in [0.717, 1.165) is 28.0 Å². The Labute approximate surface area is 101 Å². The molecule has 1 aliphatic carbocycles. The van der Waals surface area contributed by atoms with E-state index in [0.29, 0.717) is 13.1 Å². The molecule has 3 nitrogen and oxygen atoms in total. The van der Waals surface area contributed by atoms with E-state index in [4.69, 9.17) is 5.73 Å². The second-order valence-electron chi connectivity index (χ2n) is 4.07. The minimum atomic E-state index is 0.242. The van der Waals surface area contributed by atoms with Crippen molar-refractivity contribution in [1.82, 2.24) is 0 Å². The lowest BCUT2D eigenvalue weighted by Crippen LogP contribution is -2.11. The summed E-state index contributed by atoms with van der Waals surface area (Å²) in [7, 11) is 0. The molecule has 0 heterocycles. The van der Waals surface area contributed by atoms with Crippen LogP contribution in [0.5, 0.6) is 5.75 Å². The SMILES string of the molecule is C=C1C=CC(=NCCN)c2c(O)ccc(C)c21. The van der Waals surface area contributed by atoms with E-state index >= 15 is 0 Å². The zero-order valence-corrected chi connectivity index (χ0v) is 9.90. The molecule has 0 aromatic heterocycles. The Balaban J connectivity index is 2.63. The minimum Gasteiger partial charge on any atom is -0.507 e. The summed E-state index contributed by atoms with van der Waals surface area (Å²) in [6, 6.07) is 3.58. The first-order valence-corrected chi connectivity index (χ1v) is 5.60. The van der Waals surface area contributed by atoms with Crippen LogP contribution in [0.15, 0.2) is 35.9 Å². The van der Waals surface area contributed by atoms with Gasteiger partial charge in [-0.1, -0.05) is 18.7 Å². The van der Waals surface area contributed by atoms with Crippen LogP contribution in [-0.2, 0) is 0 Å². The summed E-state index contributed by atoms with van der Waals surface area (Å²) in [5.74, 6) is 0.242. The molecule has 0 atom stereocenters. The van der Waals surface area contributed by atoms with Crippen LogP contribution in [0.1, 0.15) is 16.7 Å². The first-order chi connectivity index (χ1) is 8.15. The predicted molar refractivity (Wildman–Crippen MR) is 71.5 cm³/mol. The molecule has 88 valence electrons. The van der Waals surface area contributed by atoms with Gasteiger partial charge in [0.15, 0.2) is 0 Å². The molecule has 0 saturated heterocycles. The van der Waals surface area contributed by atoms with Crippen LogP contribution in [0.4, 0.5) is 0 Å². The van der Waals surface area contributed by atoms with Gasteiger partial charge < -0.3 is 10.8 Å². The Morgan fingerprint density at radius 1 is 1.29 bits per heavy atom. The molecule has 1 aromatic carbocycles. The number of benzene rings is 1. The predicted octanol–water partition coefficient (Wildman–Crippen LogP) is 2.03. The van der Waals surface area contributed by atoms with Gasteiger partial charge in [0, 0.05) is 12.1 Å². The highest BCUT2D eigenvalue weighted by atomic mass is 16.3. The van der Waals surface area contributed by atoms with Crippen LogP contribution in [0.3, 0.4) is 0 Å². The second-order valence-corrected chi connectivity index (χ2v) is 4.07. The lowest BCUT2D eigenvalue weighted by molar-refractivity contribution is 0.474. The van der Waals surface area contributed by atoms with Gasteiger partial charge in [-0.2, -0.15) is 0 Å². The molecule has 3 heteroatoms. The highest BCUT2D eigenvalue weighted by Crippen LogP contribution is 2.33. The Bertz CT molecular complexity index is 527. The fourth-order valence-corrected chi connectivity index (χ4v) is 2.03. The molecule has 0 radical (unpaired) electrons. The summed E-state index contributed by atoms with van der Waals surface area (Å²) in [4.78, 5) is 4.38. The zero-order valence-electron chi connectivity index (χ0n) is 9.90. The number of hydrogen-bond acceptors (Lipinski definition) is 3. The van der Waals surface area contributed by atoms with Gasteiger partial charge in [0.25, 0.3) is 0 Å². The van der Waals surface area contributed by atoms with E-state index in [1.807, 2.05) is 25.1 Å². The maximum Gasteiger partial charge on any atom is 0.125 e. The molecule has 0 fully saturated rings. The number of phenolic OH excluding ortho intramolecular Hbond substituents is 1. The quantitative estimate of drug-likeness (QED) is 0.813. The van der Waals surface area contributed by atoms with Crippen LogP contribution in [-0.4, -0.2) is 23.9 Å². The summed E-state index contributed by atoms with van der Waals surface area (Å²) in [5.41, 5.74) is 9.96. The topological polar surface area (TPSA) is 58.6 Å². The molecule has 1 aliphatic rings. The van der Waals surface area contributed by atoms with E-state index in [-0.39, 0.29) is 5.75 Å². The molecule has 3 N–H and O–H groups in total. The third-order valence-corrected chi connectivity index (χ3v) is 2.82. The van der Waals surface area contributed by atoms with Crippen molar-refractivity contribution in [1.29, 1.82) is 0 Å². The molecule has 0 saturated carbocycles. The summed E-state index contributed by atoms with van der Waals surface area (Å²) in [6.07, 6.45) is 3.80. The fraction of sp³-hybridized carbons (Fsp3) is 0.214. The van der Waals surface area contributed by atoms with Gasteiger partial charge in [-0.05, 0) is 35.8 Å². The van der Waals surface area contributed by atoms with Gasteiger partial charge in [0.05, 0.1) is 12.3 Å². The maximum absolute atomic E-state index is 9.98. The van der Waals surface area contributed by atoms with Gasteiger partial charge in [-0.3, -0.25) is 4.99 Å². The number of aliphatic imine (C=N–C) groups is 1. The summed E-state index contributed by atoms with van der Waals surface area (Å²) < 4.78 is 0. The number of phenols is 1. The van der Waals surface area contributed by atoms with Crippen molar-refractivity contribution in [3.8, 4) is 5.75 Å². The maximum atomic E-state index is 9.98. The molecule has 17 heavy (non-hydrogen) atoms. The molecule has 2 rings (SSSR count). The Morgan fingerprint density at radius 2 is 2.06 bits per heavy atom. The Hall–Kier alpha value is -1.87. The molecule has 0 spiro atoms. The number of allylic oxidation sites excluding steroid dienone is 3. The molecule has 0 amide bonds. The first kappa shape index (κ1) is 11.6. The number of fused-ring (bicyclic) bond motifs is 1. The summed E-state index contributed by atoms with van der Waals surface area (Å²) in [6.45, 7) is 7.05. The fourth-order valence-electron chi connectivity index (χ4n) is 2.03. The molecular formula is C14H16N2O. The average molecular weight is 228 g/mol. The molecule has 1 aromatic rings. The number of aromatic hydroxyl groups is 1. The van der Waals surface area contributed by atoms with E-state index < -0.39 is 0 Å². The number of nitrogens with zero attached hydrogens (tertiary/aromatic N) is 1. The number of nitrogens with two attached hydrogens (primary N) is 1. The smallest absolute Gasteiger partial charge is 0.125 e. The van der Waals surface area contributed by atoms with E-state index in [1.54, 1.807) is 6.07 Å². The van der Waals surface area contributed by atoms with Crippen molar-refractivity contribution in [3.63, 3.8) is 0 Å².